The van der Waals surface area contributed by atoms with Gasteiger partial charge < -0.3 is 19.9 Å². The third kappa shape index (κ3) is 4.90. The molecule has 118 valence electrons. The Morgan fingerprint density at radius 1 is 1.29 bits per heavy atom. The molecule has 4 nitrogen and oxygen atoms in total. The number of benzene rings is 1. The molecule has 1 aliphatic rings. The first kappa shape index (κ1) is 16.1. The van der Waals surface area contributed by atoms with Gasteiger partial charge in [-0.15, -0.1) is 0 Å². The predicted molar refractivity (Wildman–Crippen MR) is 84.1 cm³/mol. The Bertz CT molecular complexity index is 448. The maximum atomic E-state index is 5.95. The van der Waals surface area contributed by atoms with Crippen LogP contribution in [0.3, 0.4) is 0 Å². The molecule has 0 saturated carbocycles. The summed E-state index contributed by atoms with van der Waals surface area (Å²) in [6.45, 7) is 5.76. The van der Waals surface area contributed by atoms with E-state index in [0.717, 1.165) is 29.0 Å². The lowest BCUT2D eigenvalue weighted by Crippen LogP contribution is -2.15. The highest BCUT2D eigenvalue weighted by Gasteiger charge is 2.16. The predicted octanol–water partition coefficient (Wildman–Crippen LogP) is 4.01. The number of hydrogen-bond donors (Lipinski definition) is 1. The second-order valence-corrected chi connectivity index (χ2v) is 5.75. The van der Waals surface area contributed by atoms with E-state index in [1.165, 1.54) is 25.7 Å². The Labute approximate surface area is 127 Å². The summed E-state index contributed by atoms with van der Waals surface area (Å²) < 4.78 is 16.8. The summed E-state index contributed by atoms with van der Waals surface area (Å²) in [5.74, 6) is 0.883. The zero-order chi connectivity index (χ0) is 15.1. The van der Waals surface area contributed by atoms with Crippen molar-refractivity contribution in [3.05, 3.63) is 23.3 Å². The molecule has 0 spiro atoms. The van der Waals surface area contributed by atoms with E-state index >= 15 is 0 Å². The van der Waals surface area contributed by atoms with E-state index < -0.39 is 0 Å². The van der Waals surface area contributed by atoms with E-state index in [1.54, 1.807) is 0 Å². The minimum atomic E-state index is 0.263. The molecule has 1 atom stereocenters. The van der Waals surface area contributed by atoms with E-state index in [2.05, 4.69) is 13.8 Å². The Morgan fingerprint density at radius 3 is 2.95 bits per heavy atom. The molecule has 0 bridgehead atoms. The molecule has 2 N–H and O–H groups in total. The van der Waals surface area contributed by atoms with Crippen molar-refractivity contribution >= 4 is 5.69 Å². The lowest BCUT2D eigenvalue weighted by Gasteiger charge is -2.22. The maximum Gasteiger partial charge on any atom is 0.189 e. The highest BCUT2D eigenvalue weighted by Crippen LogP contribution is 2.31. The molecule has 0 aromatic heterocycles. The van der Waals surface area contributed by atoms with Crippen LogP contribution in [0.4, 0.5) is 5.69 Å². The van der Waals surface area contributed by atoms with Crippen molar-refractivity contribution in [3.8, 4) is 5.75 Å². The van der Waals surface area contributed by atoms with E-state index in [9.17, 15) is 0 Å². The number of fused-ring (bicyclic) bond motifs is 1. The van der Waals surface area contributed by atoms with Crippen LogP contribution >= 0.6 is 0 Å². The molecule has 1 aliphatic heterocycles. The fourth-order valence-corrected chi connectivity index (χ4v) is 2.61. The number of rotatable bonds is 8. The van der Waals surface area contributed by atoms with Gasteiger partial charge in [0.15, 0.2) is 6.79 Å². The van der Waals surface area contributed by atoms with Crippen molar-refractivity contribution in [3.63, 3.8) is 0 Å². The van der Waals surface area contributed by atoms with Gasteiger partial charge in [0.2, 0.25) is 0 Å². The van der Waals surface area contributed by atoms with Gasteiger partial charge in [-0.05, 0) is 25.5 Å². The van der Waals surface area contributed by atoms with Gasteiger partial charge in [0.25, 0.3) is 0 Å². The average Bonchev–Trinajstić information content (AvgIpc) is 2.49. The van der Waals surface area contributed by atoms with Crippen LogP contribution in [0.15, 0.2) is 12.1 Å². The van der Waals surface area contributed by atoms with E-state index in [1.807, 2.05) is 12.1 Å². The lowest BCUT2D eigenvalue weighted by molar-refractivity contribution is -0.0197. The van der Waals surface area contributed by atoms with Gasteiger partial charge in [-0.25, -0.2) is 0 Å². The molecule has 0 radical (unpaired) electrons. The monoisotopic (exact) mass is 293 g/mol. The van der Waals surface area contributed by atoms with Gasteiger partial charge in [-0.1, -0.05) is 32.6 Å². The second-order valence-electron chi connectivity index (χ2n) is 5.75. The SMILES string of the molecule is CCCCCCC(C)OCc1cc(N)cc2c1OCOC2. The topological polar surface area (TPSA) is 53.7 Å². The highest BCUT2D eigenvalue weighted by atomic mass is 16.7. The van der Waals surface area contributed by atoms with Crippen LogP contribution in [0.25, 0.3) is 0 Å². The van der Waals surface area contributed by atoms with Gasteiger partial charge in [0, 0.05) is 16.8 Å². The molecule has 1 aromatic carbocycles. The van der Waals surface area contributed by atoms with Crippen molar-refractivity contribution in [1.82, 2.24) is 0 Å². The normalized spacial score (nSPS) is 15.3. The summed E-state index contributed by atoms with van der Waals surface area (Å²) in [5, 5.41) is 0. The summed E-state index contributed by atoms with van der Waals surface area (Å²) in [5.41, 5.74) is 8.70. The summed E-state index contributed by atoms with van der Waals surface area (Å²) in [6, 6.07) is 3.85. The molecule has 0 amide bonds. The van der Waals surface area contributed by atoms with Crippen LogP contribution in [0, 0.1) is 0 Å². The summed E-state index contributed by atoms with van der Waals surface area (Å²) in [6.07, 6.45) is 6.47. The first-order valence-electron chi connectivity index (χ1n) is 7.94. The van der Waals surface area contributed by atoms with E-state index in [4.69, 9.17) is 19.9 Å². The molecule has 0 saturated heterocycles. The van der Waals surface area contributed by atoms with Crippen LogP contribution in [0.5, 0.6) is 5.75 Å². The quantitative estimate of drug-likeness (QED) is 0.581. The van der Waals surface area contributed by atoms with Crippen LogP contribution in [0.2, 0.25) is 0 Å². The fraction of sp³-hybridized carbons (Fsp3) is 0.647. The largest absolute Gasteiger partial charge is 0.467 e. The molecular formula is C17H27NO3. The van der Waals surface area contributed by atoms with Crippen LogP contribution in [-0.2, 0) is 22.7 Å². The zero-order valence-electron chi connectivity index (χ0n) is 13.2. The molecule has 0 aliphatic carbocycles. The Hall–Kier alpha value is -1.26. The first-order valence-corrected chi connectivity index (χ1v) is 7.94. The minimum Gasteiger partial charge on any atom is -0.467 e. The van der Waals surface area contributed by atoms with Gasteiger partial charge in [-0.2, -0.15) is 0 Å². The summed E-state index contributed by atoms with van der Waals surface area (Å²) in [4.78, 5) is 0. The van der Waals surface area contributed by atoms with Gasteiger partial charge >= 0.3 is 0 Å². The minimum absolute atomic E-state index is 0.263. The molecule has 1 aromatic rings. The Morgan fingerprint density at radius 2 is 2.14 bits per heavy atom. The van der Waals surface area contributed by atoms with Crippen LogP contribution in [0.1, 0.15) is 57.1 Å². The Balaban J connectivity index is 1.86. The molecule has 4 heteroatoms. The first-order chi connectivity index (χ1) is 10.2. The van der Waals surface area contributed by atoms with Crippen molar-refractivity contribution in [1.29, 1.82) is 0 Å². The summed E-state index contributed by atoms with van der Waals surface area (Å²) in [7, 11) is 0. The van der Waals surface area contributed by atoms with Crippen molar-refractivity contribution < 1.29 is 14.2 Å². The molecule has 0 fully saturated rings. The van der Waals surface area contributed by atoms with Crippen LogP contribution in [-0.4, -0.2) is 12.9 Å². The fourth-order valence-electron chi connectivity index (χ4n) is 2.61. The zero-order valence-corrected chi connectivity index (χ0v) is 13.2. The number of hydrogen-bond acceptors (Lipinski definition) is 4. The van der Waals surface area contributed by atoms with Crippen molar-refractivity contribution in [2.75, 3.05) is 12.5 Å². The van der Waals surface area contributed by atoms with Gasteiger partial charge in [-0.3, -0.25) is 0 Å². The molecular weight excluding hydrogens is 266 g/mol. The van der Waals surface area contributed by atoms with Crippen molar-refractivity contribution in [2.24, 2.45) is 0 Å². The molecule has 1 heterocycles. The number of nitrogens with two attached hydrogens (primary N) is 1. The van der Waals surface area contributed by atoms with Gasteiger partial charge in [0.05, 0.1) is 19.3 Å². The maximum absolute atomic E-state index is 5.95. The number of anilines is 1. The van der Waals surface area contributed by atoms with Crippen LogP contribution < -0.4 is 10.5 Å². The van der Waals surface area contributed by atoms with E-state index in [-0.39, 0.29) is 6.10 Å². The van der Waals surface area contributed by atoms with E-state index in [0.29, 0.717) is 20.0 Å². The molecule has 1 unspecified atom stereocenters. The number of nitrogen functional groups attached to an aromatic ring is 1. The highest BCUT2D eigenvalue weighted by molar-refractivity contribution is 5.53. The van der Waals surface area contributed by atoms with Gasteiger partial charge in [0.1, 0.15) is 5.75 Å². The lowest BCUT2D eigenvalue weighted by atomic mass is 10.1. The Kier molecular flexibility index (Phi) is 6.33. The van der Waals surface area contributed by atoms with Crippen molar-refractivity contribution in [2.45, 2.75) is 65.3 Å². The third-order valence-electron chi connectivity index (χ3n) is 3.80. The summed E-state index contributed by atoms with van der Waals surface area (Å²) >= 11 is 0. The second kappa shape index (κ2) is 8.25. The number of ether oxygens (including phenoxy) is 3. The third-order valence-corrected chi connectivity index (χ3v) is 3.80. The molecule has 2 rings (SSSR count). The standard InChI is InChI=1S/C17H27NO3/c1-3-4-5-6-7-13(2)20-11-15-9-16(18)8-14-10-19-12-21-17(14)15/h8-9,13H,3-7,10-12,18H2,1-2H3. The smallest absolute Gasteiger partial charge is 0.189 e. The average molecular weight is 293 g/mol. The number of unbranched alkanes of at least 4 members (excludes halogenated alkanes) is 3. The molecule has 21 heavy (non-hydrogen) atoms.